The number of nitrogens with two attached hydrogens (primary N) is 1. The summed E-state index contributed by atoms with van der Waals surface area (Å²) in [6.45, 7) is 4.78. The number of carbonyl (C=O) groups is 1. The van der Waals surface area contributed by atoms with Crippen molar-refractivity contribution in [3.05, 3.63) is 29.0 Å². The van der Waals surface area contributed by atoms with Crippen LogP contribution in [0.5, 0.6) is 0 Å². The fourth-order valence-corrected chi connectivity index (χ4v) is 3.70. The number of hydrogen-bond donors (Lipinski definition) is 1. The van der Waals surface area contributed by atoms with E-state index >= 15 is 0 Å². The molecular weight excluding hydrogens is 338 g/mol. The molecule has 0 bridgehead atoms. The zero-order valence-corrected chi connectivity index (χ0v) is 15.4. The minimum absolute atomic E-state index is 0.132. The number of rotatable bonds is 7. The van der Waals surface area contributed by atoms with E-state index in [-0.39, 0.29) is 12.0 Å². The number of aromatic nitrogens is 1. The Morgan fingerprint density at radius 3 is 2.92 bits per heavy atom. The van der Waals surface area contributed by atoms with Crippen LogP contribution in [0.2, 0.25) is 0 Å². The van der Waals surface area contributed by atoms with E-state index in [0.29, 0.717) is 19.6 Å². The molecule has 0 saturated carbocycles. The number of nitrogens with zero attached hydrogens (tertiary/aromatic N) is 2. The van der Waals surface area contributed by atoms with Crippen LogP contribution in [0.3, 0.4) is 0 Å². The van der Waals surface area contributed by atoms with Gasteiger partial charge in [-0.1, -0.05) is 0 Å². The zero-order chi connectivity index (χ0) is 17.6. The molecule has 2 N–H and O–H groups in total. The van der Waals surface area contributed by atoms with E-state index in [1.807, 2.05) is 29.3 Å². The fraction of sp³-hybridized carbons (Fsp3) is 0.556. The van der Waals surface area contributed by atoms with Crippen LogP contribution in [0.25, 0.3) is 10.8 Å². The van der Waals surface area contributed by atoms with Crippen LogP contribution in [0.1, 0.15) is 30.7 Å². The van der Waals surface area contributed by atoms with Crippen molar-refractivity contribution in [2.45, 2.75) is 38.7 Å². The number of thiazole rings is 1. The Morgan fingerprint density at radius 2 is 2.24 bits per heavy atom. The second-order valence-corrected chi connectivity index (χ2v) is 7.18. The van der Waals surface area contributed by atoms with Gasteiger partial charge in [-0.3, -0.25) is 4.79 Å². The first-order chi connectivity index (χ1) is 12.2. The van der Waals surface area contributed by atoms with Gasteiger partial charge in [-0.2, -0.15) is 0 Å². The molecule has 6 nitrogen and oxygen atoms in total. The molecule has 25 heavy (non-hydrogen) atoms. The first-order valence-corrected chi connectivity index (χ1v) is 9.64. The maximum Gasteiger partial charge on any atom is 0.228 e. The van der Waals surface area contributed by atoms with Crippen molar-refractivity contribution in [2.24, 2.45) is 5.73 Å². The second kappa shape index (κ2) is 8.60. The summed E-state index contributed by atoms with van der Waals surface area (Å²) in [5, 5.41) is 2.76. The second-order valence-electron chi connectivity index (χ2n) is 6.32. The molecule has 0 aromatic carbocycles. The monoisotopic (exact) mass is 363 g/mol. The highest BCUT2D eigenvalue weighted by atomic mass is 32.1. The van der Waals surface area contributed by atoms with E-state index in [2.05, 4.69) is 4.98 Å². The third-order valence-electron chi connectivity index (χ3n) is 4.33. The van der Waals surface area contributed by atoms with Gasteiger partial charge in [0, 0.05) is 25.1 Å². The van der Waals surface area contributed by atoms with Gasteiger partial charge >= 0.3 is 0 Å². The number of likely N-dealkylation sites (tertiary alicyclic amines) is 1. The molecule has 1 amide bonds. The molecule has 7 heteroatoms. The zero-order valence-electron chi connectivity index (χ0n) is 14.6. The van der Waals surface area contributed by atoms with Gasteiger partial charge in [-0.15, -0.1) is 11.3 Å². The summed E-state index contributed by atoms with van der Waals surface area (Å²) in [7, 11) is 0. The molecular formula is C18H25N3O3S. The largest absolute Gasteiger partial charge is 0.459 e. The third-order valence-corrected chi connectivity index (χ3v) is 5.24. The Kier molecular flexibility index (Phi) is 6.23. The molecule has 1 saturated heterocycles. The first kappa shape index (κ1) is 18.1. The molecule has 0 atom stereocenters. The molecule has 1 aliphatic rings. The van der Waals surface area contributed by atoms with Crippen molar-refractivity contribution in [1.82, 2.24) is 9.88 Å². The number of carbonyl (C=O) groups excluding carboxylic acids is 1. The van der Waals surface area contributed by atoms with Crippen LogP contribution in [-0.4, -0.2) is 48.1 Å². The van der Waals surface area contributed by atoms with Crippen molar-refractivity contribution >= 4 is 17.2 Å². The summed E-state index contributed by atoms with van der Waals surface area (Å²) >= 11 is 1.51. The molecule has 2 aromatic heterocycles. The summed E-state index contributed by atoms with van der Waals surface area (Å²) in [6, 6.07) is 3.83. The van der Waals surface area contributed by atoms with Gasteiger partial charge in [0.1, 0.15) is 5.76 Å². The standard InChI is InChI=1S/C18H25N3O3S/c1-13-3-4-16(24-13)18-20-14(12-25-18)11-17(22)21-8-5-15(6-9-21)23-10-2-7-19/h3-4,12,15H,2,5-11,19H2,1H3. The number of amides is 1. The summed E-state index contributed by atoms with van der Waals surface area (Å²) in [5.41, 5.74) is 6.28. The quantitative estimate of drug-likeness (QED) is 0.765. The van der Waals surface area contributed by atoms with Gasteiger partial charge in [-0.05, 0) is 44.9 Å². The molecule has 3 rings (SSSR count). The topological polar surface area (TPSA) is 81.6 Å². The van der Waals surface area contributed by atoms with Gasteiger partial charge in [0.05, 0.1) is 18.2 Å². The molecule has 0 radical (unpaired) electrons. The van der Waals surface area contributed by atoms with E-state index in [9.17, 15) is 4.79 Å². The smallest absolute Gasteiger partial charge is 0.228 e. The van der Waals surface area contributed by atoms with Crippen molar-refractivity contribution in [3.8, 4) is 10.8 Å². The van der Waals surface area contributed by atoms with Crippen LogP contribution < -0.4 is 5.73 Å². The lowest BCUT2D eigenvalue weighted by Crippen LogP contribution is -2.41. The normalized spacial score (nSPS) is 15.7. The van der Waals surface area contributed by atoms with E-state index in [1.165, 1.54) is 11.3 Å². The van der Waals surface area contributed by atoms with E-state index < -0.39 is 0 Å². The summed E-state index contributed by atoms with van der Waals surface area (Å²) in [4.78, 5) is 18.9. The van der Waals surface area contributed by atoms with E-state index in [1.54, 1.807) is 0 Å². The molecule has 136 valence electrons. The summed E-state index contributed by atoms with van der Waals surface area (Å²) < 4.78 is 11.4. The lowest BCUT2D eigenvalue weighted by molar-refractivity contribution is -0.133. The average Bonchev–Trinajstić information content (AvgIpc) is 3.24. The number of hydrogen-bond acceptors (Lipinski definition) is 6. The number of aryl methyl sites for hydroxylation is 1. The minimum atomic E-state index is 0.132. The maximum atomic E-state index is 12.5. The predicted molar refractivity (Wildman–Crippen MR) is 97.5 cm³/mol. The van der Waals surface area contributed by atoms with Crippen LogP contribution in [-0.2, 0) is 16.0 Å². The molecule has 0 unspecified atom stereocenters. The highest BCUT2D eigenvalue weighted by molar-refractivity contribution is 7.13. The van der Waals surface area contributed by atoms with Crippen molar-refractivity contribution < 1.29 is 13.9 Å². The Labute approximate surface area is 152 Å². The lowest BCUT2D eigenvalue weighted by Gasteiger charge is -2.32. The fourth-order valence-electron chi connectivity index (χ4n) is 2.92. The van der Waals surface area contributed by atoms with Crippen molar-refractivity contribution in [2.75, 3.05) is 26.2 Å². The Bertz CT molecular complexity index is 689. The molecule has 0 spiro atoms. The predicted octanol–water partition coefficient (Wildman–Crippen LogP) is 2.61. The van der Waals surface area contributed by atoms with Crippen LogP contribution in [0, 0.1) is 6.92 Å². The summed E-state index contributed by atoms with van der Waals surface area (Å²) in [5.74, 6) is 1.75. The van der Waals surface area contributed by atoms with Gasteiger partial charge < -0.3 is 19.8 Å². The number of piperidine rings is 1. The Balaban J connectivity index is 1.48. The Morgan fingerprint density at radius 1 is 1.44 bits per heavy atom. The number of ether oxygens (including phenoxy) is 1. The van der Waals surface area contributed by atoms with Gasteiger partial charge in [0.15, 0.2) is 10.8 Å². The lowest BCUT2D eigenvalue weighted by atomic mass is 10.1. The van der Waals surface area contributed by atoms with E-state index in [0.717, 1.165) is 54.6 Å². The molecule has 3 heterocycles. The molecule has 2 aromatic rings. The third kappa shape index (κ3) is 4.90. The van der Waals surface area contributed by atoms with Gasteiger partial charge in [-0.25, -0.2) is 4.98 Å². The SMILES string of the molecule is Cc1ccc(-c2nc(CC(=O)N3CCC(OCCCN)CC3)cs2)o1. The highest BCUT2D eigenvalue weighted by Crippen LogP contribution is 2.26. The first-order valence-electron chi connectivity index (χ1n) is 8.76. The van der Waals surface area contributed by atoms with E-state index in [4.69, 9.17) is 14.9 Å². The highest BCUT2D eigenvalue weighted by Gasteiger charge is 2.23. The molecule has 1 aliphatic heterocycles. The van der Waals surface area contributed by atoms with Crippen molar-refractivity contribution in [1.29, 1.82) is 0 Å². The minimum Gasteiger partial charge on any atom is -0.459 e. The summed E-state index contributed by atoms with van der Waals surface area (Å²) in [6.07, 6.45) is 3.27. The Hall–Kier alpha value is -1.70. The number of furan rings is 1. The van der Waals surface area contributed by atoms with Crippen LogP contribution in [0.15, 0.2) is 21.9 Å². The van der Waals surface area contributed by atoms with Crippen LogP contribution in [0.4, 0.5) is 0 Å². The molecule has 0 aliphatic carbocycles. The average molecular weight is 363 g/mol. The van der Waals surface area contributed by atoms with Crippen LogP contribution >= 0.6 is 11.3 Å². The van der Waals surface area contributed by atoms with Gasteiger partial charge in [0.25, 0.3) is 0 Å². The van der Waals surface area contributed by atoms with Crippen molar-refractivity contribution in [3.63, 3.8) is 0 Å². The molecule has 1 fully saturated rings. The maximum absolute atomic E-state index is 12.5. The van der Waals surface area contributed by atoms with Gasteiger partial charge in [0.2, 0.25) is 5.91 Å².